The largest absolute Gasteiger partial charge is 0.454 e. The molecule has 1 atom stereocenters. The van der Waals surface area contributed by atoms with Gasteiger partial charge in [-0.25, -0.2) is 8.42 Å². The Morgan fingerprint density at radius 1 is 1.03 bits per heavy atom. The number of amides is 2. The van der Waals surface area contributed by atoms with Gasteiger partial charge in [0.15, 0.2) is 11.5 Å². The fourth-order valence-electron chi connectivity index (χ4n) is 4.32. The summed E-state index contributed by atoms with van der Waals surface area (Å²) in [7, 11) is -3.60. The molecule has 2 amide bonds. The second-order valence-corrected chi connectivity index (χ2v) is 11.3. The maximum Gasteiger partial charge on any atom is 0.242 e. The summed E-state index contributed by atoms with van der Waals surface area (Å²) in [5.74, 6) is 0.681. The van der Waals surface area contributed by atoms with Crippen LogP contribution in [0.15, 0.2) is 48.5 Å². The second kappa shape index (κ2) is 12.8. The molecular formula is C27H37N3O6S. The number of rotatable bonds is 13. The van der Waals surface area contributed by atoms with Gasteiger partial charge in [0, 0.05) is 31.6 Å². The molecular weight excluding hydrogens is 494 g/mol. The van der Waals surface area contributed by atoms with Crippen LogP contribution in [0.5, 0.6) is 11.5 Å². The van der Waals surface area contributed by atoms with Crippen LogP contribution in [0, 0.1) is 0 Å². The topological polar surface area (TPSA) is 105 Å². The molecule has 1 heterocycles. The van der Waals surface area contributed by atoms with Crippen LogP contribution in [0.2, 0.25) is 0 Å². The molecule has 0 unspecified atom stereocenters. The number of hydrogen-bond acceptors (Lipinski definition) is 6. The lowest BCUT2D eigenvalue weighted by atomic mass is 10.1. The van der Waals surface area contributed by atoms with E-state index < -0.39 is 16.1 Å². The van der Waals surface area contributed by atoms with Crippen molar-refractivity contribution in [2.75, 3.05) is 30.4 Å². The zero-order chi connectivity index (χ0) is 27.0. The minimum absolute atomic E-state index is 0.0438. The molecule has 1 aliphatic rings. The first-order valence-electron chi connectivity index (χ1n) is 12.6. The molecule has 0 spiro atoms. The van der Waals surface area contributed by atoms with Crippen molar-refractivity contribution < 1.29 is 27.5 Å². The first-order valence-corrected chi connectivity index (χ1v) is 14.5. The molecule has 1 N–H and O–H groups in total. The highest BCUT2D eigenvalue weighted by atomic mass is 32.2. The van der Waals surface area contributed by atoms with Crippen LogP contribution in [0.25, 0.3) is 0 Å². The lowest BCUT2D eigenvalue weighted by Gasteiger charge is -2.31. The SMILES string of the molecule is CC[C@@H](C(=O)NC(C)C)N(CCc1ccccc1)C(=O)CCCN(c1ccc2c(c1)OCO2)S(C)(=O)=O. The molecule has 3 rings (SSSR count). The maximum absolute atomic E-state index is 13.4. The molecule has 2 aromatic carbocycles. The van der Waals surface area contributed by atoms with E-state index in [0.29, 0.717) is 43.0 Å². The molecule has 1 aliphatic heterocycles. The summed E-state index contributed by atoms with van der Waals surface area (Å²) in [6.07, 6.45) is 2.63. The number of ether oxygens (including phenoxy) is 2. The molecule has 0 radical (unpaired) electrons. The van der Waals surface area contributed by atoms with Gasteiger partial charge in [0.25, 0.3) is 0 Å². The summed E-state index contributed by atoms with van der Waals surface area (Å²) >= 11 is 0. The van der Waals surface area contributed by atoms with Crippen LogP contribution in [0.4, 0.5) is 5.69 Å². The fraction of sp³-hybridized carbons (Fsp3) is 0.481. The number of nitrogens with one attached hydrogen (secondary N) is 1. The number of sulfonamides is 1. The van der Waals surface area contributed by atoms with Crippen molar-refractivity contribution in [2.24, 2.45) is 0 Å². The Morgan fingerprint density at radius 2 is 1.73 bits per heavy atom. The average Bonchev–Trinajstić information content (AvgIpc) is 3.31. The Labute approximate surface area is 219 Å². The third-order valence-corrected chi connectivity index (χ3v) is 7.29. The highest BCUT2D eigenvalue weighted by molar-refractivity contribution is 7.92. The minimum atomic E-state index is -3.60. The van der Waals surface area contributed by atoms with E-state index in [1.165, 1.54) is 4.31 Å². The predicted octanol–water partition coefficient (Wildman–Crippen LogP) is 3.34. The zero-order valence-electron chi connectivity index (χ0n) is 22.0. The molecule has 10 heteroatoms. The molecule has 37 heavy (non-hydrogen) atoms. The Hall–Kier alpha value is -3.27. The average molecular weight is 532 g/mol. The Bertz CT molecular complexity index is 1170. The van der Waals surface area contributed by atoms with Gasteiger partial charge in [-0.05, 0) is 50.8 Å². The van der Waals surface area contributed by atoms with Crippen LogP contribution in [0.3, 0.4) is 0 Å². The van der Waals surface area contributed by atoms with E-state index >= 15 is 0 Å². The van der Waals surface area contributed by atoms with Gasteiger partial charge in [0.2, 0.25) is 28.6 Å². The molecule has 0 fully saturated rings. The molecule has 0 aliphatic carbocycles. The number of nitrogens with zero attached hydrogens (tertiary/aromatic N) is 2. The van der Waals surface area contributed by atoms with Gasteiger partial charge in [-0.15, -0.1) is 0 Å². The molecule has 0 aromatic heterocycles. The minimum Gasteiger partial charge on any atom is -0.454 e. The molecule has 202 valence electrons. The number of carbonyl (C=O) groups is 2. The van der Waals surface area contributed by atoms with Gasteiger partial charge in [-0.1, -0.05) is 37.3 Å². The summed E-state index contributed by atoms with van der Waals surface area (Å²) in [6.45, 7) is 6.26. The van der Waals surface area contributed by atoms with E-state index in [4.69, 9.17) is 9.47 Å². The molecule has 9 nitrogen and oxygen atoms in total. The third-order valence-electron chi connectivity index (χ3n) is 6.10. The van der Waals surface area contributed by atoms with Crippen molar-refractivity contribution in [3.8, 4) is 11.5 Å². The number of fused-ring (bicyclic) bond motifs is 1. The van der Waals surface area contributed by atoms with Crippen LogP contribution in [-0.2, 0) is 26.0 Å². The quantitative estimate of drug-likeness (QED) is 0.425. The molecule has 0 bridgehead atoms. The summed E-state index contributed by atoms with van der Waals surface area (Å²) in [5, 5.41) is 2.92. The van der Waals surface area contributed by atoms with Gasteiger partial charge in [0.1, 0.15) is 6.04 Å². The van der Waals surface area contributed by atoms with Crippen molar-refractivity contribution in [3.05, 3.63) is 54.1 Å². The monoisotopic (exact) mass is 531 g/mol. The van der Waals surface area contributed by atoms with Crippen LogP contribution in [-0.4, -0.2) is 63.4 Å². The fourth-order valence-corrected chi connectivity index (χ4v) is 5.28. The standard InChI is InChI=1S/C27H37N3O6S/c1-5-23(27(32)28-20(2)3)29(17-15-21-10-7-6-8-11-21)26(31)12-9-16-30(37(4,33)34)22-13-14-24-25(18-22)36-19-35-24/h6-8,10-11,13-14,18,20,23H,5,9,12,15-17,19H2,1-4H3,(H,28,32)/t23-/m0/s1. The molecule has 2 aromatic rings. The predicted molar refractivity (Wildman–Crippen MR) is 143 cm³/mol. The van der Waals surface area contributed by atoms with Crippen LogP contribution in [0.1, 0.15) is 45.6 Å². The summed E-state index contributed by atoms with van der Waals surface area (Å²) in [6, 6.07) is 14.1. The third kappa shape index (κ3) is 7.85. The summed E-state index contributed by atoms with van der Waals surface area (Å²) in [5.41, 5.74) is 1.52. The van der Waals surface area contributed by atoms with Crippen molar-refractivity contribution in [1.82, 2.24) is 10.2 Å². The number of anilines is 1. The normalized spacial score (nSPS) is 13.3. The van der Waals surface area contributed by atoms with Crippen molar-refractivity contribution >= 4 is 27.5 Å². The van der Waals surface area contributed by atoms with E-state index in [0.717, 1.165) is 11.8 Å². The Balaban J connectivity index is 1.72. The van der Waals surface area contributed by atoms with Crippen LogP contribution < -0.4 is 19.1 Å². The number of hydrogen-bond donors (Lipinski definition) is 1. The lowest BCUT2D eigenvalue weighted by Crippen LogP contribution is -2.51. The maximum atomic E-state index is 13.4. The van der Waals surface area contributed by atoms with Crippen molar-refractivity contribution in [3.63, 3.8) is 0 Å². The number of carbonyl (C=O) groups excluding carboxylic acids is 2. The summed E-state index contributed by atoms with van der Waals surface area (Å²) < 4.78 is 37.1. The van der Waals surface area contributed by atoms with E-state index in [9.17, 15) is 18.0 Å². The Morgan fingerprint density at radius 3 is 2.38 bits per heavy atom. The van der Waals surface area contributed by atoms with E-state index in [1.807, 2.05) is 51.1 Å². The van der Waals surface area contributed by atoms with Gasteiger partial charge < -0.3 is 19.7 Å². The first-order chi connectivity index (χ1) is 17.6. The Kier molecular flexibility index (Phi) is 9.79. The van der Waals surface area contributed by atoms with Crippen molar-refractivity contribution in [1.29, 1.82) is 0 Å². The lowest BCUT2D eigenvalue weighted by molar-refractivity contribution is -0.141. The number of benzene rings is 2. The molecule has 0 saturated carbocycles. The van der Waals surface area contributed by atoms with Crippen LogP contribution >= 0.6 is 0 Å². The van der Waals surface area contributed by atoms with Gasteiger partial charge in [0.05, 0.1) is 11.9 Å². The van der Waals surface area contributed by atoms with Gasteiger partial charge in [-0.2, -0.15) is 0 Å². The van der Waals surface area contributed by atoms with Crippen molar-refractivity contribution in [2.45, 2.75) is 58.5 Å². The van der Waals surface area contributed by atoms with E-state index in [2.05, 4.69) is 5.32 Å². The summed E-state index contributed by atoms with van der Waals surface area (Å²) in [4.78, 5) is 28.0. The molecule has 0 saturated heterocycles. The van der Waals surface area contributed by atoms with Gasteiger partial charge >= 0.3 is 0 Å². The smallest absolute Gasteiger partial charge is 0.242 e. The van der Waals surface area contributed by atoms with E-state index in [1.54, 1.807) is 23.1 Å². The first kappa shape index (κ1) is 28.3. The second-order valence-electron chi connectivity index (χ2n) is 9.39. The zero-order valence-corrected chi connectivity index (χ0v) is 22.8. The van der Waals surface area contributed by atoms with Gasteiger partial charge in [-0.3, -0.25) is 13.9 Å². The van der Waals surface area contributed by atoms with E-state index in [-0.39, 0.29) is 37.6 Å². The highest BCUT2D eigenvalue weighted by Gasteiger charge is 2.29. The highest BCUT2D eigenvalue weighted by Crippen LogP contribution is 2.36.